The Morgan fingerprint density at radius 2 is 1.03 bits per heavy atom. The molecule has 16 nitrogen and oxygen atoms in total. The molecule has 0 aliphatic heterocycles. The van der Waals surface area contributed by atoms with Crippen molar-refractivity contribution in [1.82, 2.24) is 20.3 Å². The van der Waals surface area contributed by atoms with Gasteiger partial charge >= 0.3 is 11.9 Å². The van der Waals surface area contributed by atoms with Crippen molar-refractivity contribution in [2.24, 2.45) is 11.5 Å². The van der Waals surface area contributed by atoms with Crippen LogP contribution in [0, 0.1) is 0 Å². The first-order chi connectivity index (χ1) is 32.8. The maximum atomic E-state index is 11.7. The van der Waals surface area contributed by atoms with E-state index in [-0.39, 0.29) is 17.9 Å². The molecule has 0 bridgehead atoms. The molecule has 2 aromatic heterocycles. The molecule has 0 radical (unpaired) electrons. The van der Waals surface area contributed by atoms with Gasteiger partial charge in [0.2, 0.25) is 11.6 Å². The molecule has 0 spiro atoms. The standard InChI is InChI=1S/2C26H25N3O5/c1-3-26(27,25(31)32)15-16-4-6-18(7-5-16)23-28-24(34-29-23)19-10-13-22(33-2)21(14-19)17-8-11-20(30)12-9-17;1-3-33-26(31)22(27)14-16-4-6-18(7-5-16)24-28-25(34-29-24)19-10-13-23(32-2)21(15-19)17-8-11-20(30)12-9-17/h4-14,30H,3,15,27H2,1-2H3,(H,31,32);4-13,15,22,30H,3,14,27H2,1-2H3/t26-;22-/m00/s1. The fourth-order valence-corrected chi connectivity index (χ4v) is 7.20. The minimum atomic E-state index is -1.30. The van der Waals surface area contributed by atoms with Crippen LogP contribution in [0.1, 0.15) is 31.4 Å². The smallest absolute Gasteiger partial charge is 0.324 e. The van der Waals surface area contributed by atoms with Crippen molar-refractivity contribution in [2.75, 3.05) is 20.8 Å². The Morgan fingerprint density at radius 3 is 1.43 bits per heavy atom. The van der Waals surface area contributed by atoms with Crippen LogP contribution < -0.4 is 20.9 Å². The van der Waals surface area contributed by atoms with Gasteiger partial charge in [-0.1, -0.05) is 90.0 Å². The van der Waals surface area contributed by atoms with Crippen LogP contribution in [0.4, 0.5) is 0 Å². The van der Waals surface area contributed by atoms with Crippen LogP contribution in [0.25, 0.3) is 67.9 Å². The van der Waals surface area contributed by atoms with Crippen molar-refractivity contribution in [3.8, 4) is 90.9 Å². The van der Waals surface area contributed by atoms with Gasteiger partial charge in [-0.2, -0.15) is 9.97 Å². The number of nitrogens with two attached hydrogens (primary N) is 2. The molecule has 0 aliphatic carbocycles. The van der Waals surface area contributed by atoms with Gasteiger partial charge in [0.25, 0.3) is 11.8 Å². The largest absolute Gasteiger partial charge is 0.508 e. The second-order valence-electron chi connectivity index (χ2n) is 15.7. The molecule has 2 heterocycles. The highest BCUT2D eigenvalue weighted by molar-refractivity contribution is 5.80. The number of nitrogens with zero attached hydrogens (tertiary/aromatic N) is 4. The zero-order valence-corrected chi connectivity index (χ0v) is 37.8. The number of carboxylic acid groups (broad SMARTS) is 1. The van der Waals surface area contributed by atoms with Crippen LogP contribution in [0.5, 0.6) is 23.0 Å². The topological polar surface area (TPSA) is 252 Å². The van der Waals surface area contributed by atoms with Gasteiger partial charge in [-0.3, -0.25) is 9.59 Å². The van der Waals surface area contributed by atoms with E-state index < -0.39 is 23.5 Å². The number of aliphatic carboxylic acids is 1. The first kappa shape index (κ1) is 47.6. The molecule has 8 aromatic rings. The van der Waals surface area contributed by atoms with Crippen molar-refractivity contribution in [3.05, 3.63) is 145 Å². The lowest BCUT2D eigenvalue weighted by atomic mass is 9.89. The summed E-state index contributed by atoms with van der Waals surface area (Å²) in [5.74, 6) is 1.87. The van der Waals surface area contributed by atoms with E-state index in [1.54, 1.807) is 64.5 Å². The first-order valence-electron chi connectivity index (χ1n) is 21.6. The highest BCUT2D eigenvalue weighted by Gasteiger charge is 2.32. The molecule has 0 aliphatic rings. The third-order valence-electron chi connectivity index (χ3n) is 11.1. The fraction of sp³-hybridized carbons (Fsp3) is 0.192. The Kier molecular flexibility index (Phi) is 14.9. The van der Waals surface area contributed by atoms with E-state index in [2.05, 4.69) is 20.3 Å². The lowest BCUT2D eigenvalue weighted by Gasteiger charge is -2.22. The van der Waals surface area contributed by atoms with Gasteiger partial charge in [0, 0.05) is 39.8 Å². The van der Waals surface area contributed by atoms with E-state index in [9.17, 15) is 24.9 Å². The molecule has 8 rings (SSSR count). The Labute approximate surface area is 391 Å². The lowest BCUT2D eigenvalue weighted by molar-refractivity contribution is -0.145. The normalized spacial score (nSPS) is 12.3. The number of esters is 1. The average Bonchev–Trinajstić information content (AvgIpc) is 4.07. The van der Waals surface area contributed by atoms with Gasteiger partial charge in [-0.05, 0) is 103 Å². The molecule has 68 heavy (non-hydrogen) atoms. The molecule has 6 aromatic carbocycles. The molecule has 0 saturated carbocycles. The fourth-order valence-electron chi connectivity index (χ4n) is 7.20. The number of carbonyl (C=O) groups excluding carboxylic acids is 1. The third kappa shape index (κ3) is 11.2. The number of aromatic nitrogens is 4. The summed E-state index contributed by atoms with van der Waals surface area (Å²) in [4.78, 5) is 32.3. The summed E-state index contributed by atoms with van der Waals surface area (Å²) in [5, 5.41) is 36.8. The molecular formula is C52H50N6O10. The Bertz CT molecular complexity index is 2970. The minimum absolute atomic E-state index is 0.182. The van der Waals surface area contributed by atoms with Gasteiger partial charge in [0.1, 0.15) is 34.6 Å². The Hall–Kier alpha value is -8.34. The zero-order valence-electron chi connectivity index (χ0n) is 37.8. The summed E-state index contributed by atoms with van der Waals surface area (Å²) in [7, 11) is 3.20. The van der Waals surface area contributed by atoms with Gasteiger partial charge in [-0.25, -0.2) is 0 Å². The molecule has 2 atom stereocenters. The zero-order chi connectivity index (χ0) is 48.4. The van der Waals surface area contributed by atoms with E-state index in [0.29, 0.717) is 54.4 Å². The number of aromatic hydroxyl groups is 2. The number of ether oxygens (including phenoxy) is 3. The minimum Gasteiger partial charge on any atom is -0.508 e. The van der Waals surface area contributed by atoms with Crippen molar-refractivity contribution in [3.63, 3.8) is 0 Å². The number of benzene rings is 6. The Balaban J connectivity index is 0.000000201. The average molecular weight is 919 g/mol. The van der Waals surface area contributed by atoms with Crippen LogP contribution in [0.2, 0.25) is 0 Å². The first-order valence-corrected chi connectivity index (χ1v) is 21.6. The van der Waals surface area contributed by atoms with Crippen LogP contribution in [0.15, 0.2) is 143 Å². The van der Waals surface area contributed by atoms with Crippen LogP contribution in [-0.2, 0) is 27.2 Å². The lowest BCUT2D eigenvalue weighted by Crippen LogP contribution is -2.49. The van der Waals surface area contributed by atoms with Crippen molar-refractivity contribution >= 4 is 11.9 Å². The van der Waals surface area contributed by atoms with Crippen LogP contribution in [0.3, 0.4) is 0 Å². The number of methoxy groups -OCH3 is 2. The number of phenolic OH excluding ortho intramolecular Hbond substituents is 2. The quantitative estimate of drug-likeness (QED) is 0.0568. The monoisotopic (exact) mass is 918 g/mol. The predicted octanol–water partition coefficient (Wildman–Crippen LogP) is 8.74. The third-order valence-corrected chi connectivity index (χ3v) is 11.1. The van der Waals surface area contributed by atoms with E-state index in [1.165, 1.54) is 0 Å². The summed E-state index contributed by atoms with van der Waals surface area (Å²) in [6.45, 7) is 3.81. The molecule has 0 fully saturated rings. The van der Waals surface area contributed by atoms with E-state index in [1.807, 2.05) is 97.1 Å². The molecule has 16 heteroatoms. The van der Waals surface area contributed by atoms with E-state index in [0.717, 1.165) is 55.6 Å². The van der Waals surface area contributed by atoms with E-state index in [4.69, 9.17) is 34.7 Å². The van der Waals surface area contributed by atoms with E-state index >= 15 is 0 Å². The van der Waals surface area contributed by atoms with Gasteiger partial charge in [0.05, 0.1) is 20.8 Å². The highest BCUT2D eigenvalue weighted by Crippen LogP contribution is 2.37. The number of hydrogen-bond donors (Lipinski definition) is 5. The summed E-state index contributed by atoms with van der Waals surface area (Å²) in [6.07, 6.45) is 0.928. The SMILES string of the molecule is CCOC(=O)[C@@H](N)Cc1ccc(-c2noc(-c3ccc(OC)c(-c4ccc(O)cc4)c3)n2)cc1.CC[C@](N)(Cc1ccc(-c2noc(-c3ccc(OC)c(-c4ccc(O)cc4)c3)n2)cc1)C(=O)O. The van der Waals surface area contributed by atoms with Crippen LogP contribution >= 0.6 is 0 Å². The van der Waals surface area contributed by atoms with Crippen molar-refractivity contribution in [2.45, 2.75) is 44.7 Å². The molecule has 348 valence electrons. The number of phenols is 2. The number of carbonyl (C=O) groups is 2. The summed E-state index contributed by atoms with van der Waals surface area (Å²) in [6, 6.07) is 38.9. The van der Waals surface area contributed by atoms with Crippen molar-refractivity contribution in [1.29, 1.82) is 0 Å². The number of hydrogen-bond acceptors (Lipinski definition) is 15. The predicted molar refractivity (Wildman–Crippen MR) is 255 cm³/mol. The second kappa shape index (κ2) is 21.3. The molecule has 7 N–H and O–H groups in total. The summed E-state index contributed by atoms with van der Waals surface area (Å²) >= 11 is 0. The van der Waals surface area contributed by atoms with Crippen LogP contribution in [-0.4, -0.2) is 79.9 Å². The second-order valence-corrected chi connectivity index (χ2v) is 15.7. The Morgan fingerprint density at radius 1 is 0.618 bits per heavy atom. The summed E-state index contributed by atoms with van der Waals surface area (Å²) in [5.41, 5.74) is 18.7. The molecular weight excluding hydrogens is 869 g/mol. The van der Waals surface area contributed by atoms with Gasteiger partial charge < -0.3 is 50.0 Å². The maximum absolute atomic E-state index is 11.7. The van der Waals surface area contributed by atoms with Gasteiger partial charge in [0.15, 0.2) is 0 Å². The number of rotatable bonds is 16. The van der Waals surface area contributed by atoms with Crippen molar-refractivity contribution < 1.29 is 48.2 Å². The van der Waals surface area contributed by atoms with Gasteiger partial charge in [-0.15, -0.1) is 0 Å². The molecule has 0 amide bonds. The molecule has 0 unspecified atom stereocenters. The summed E-state index contributed by atoms with van der Waals surface area (Å²) < 4.78 is 27.0. The number of carboxylic acids is 1. The highest BCUT2D eigenvalue weighted by atomic mass is 16.5. The maximum Gasteiger partial charge on any atom is 0.324 e. The molecule has 0 saturated heterocycles.